The van der Waals surface area contributed by atoms with Gasteiger partial charge in [0.25, 0.3) is 5.56 Å². The van der Waals surface area contributed by atoms with Gasteiger partial charge in [-0.3, -0.25) is 14.2 Å². The zero-order valence-electron chi connectivity index (χ0n) is 21.3. The number of methoxy groups -OCH3 is 1. The Bertz CT molecular complexity index is 1590. The summed E-state index contributed by atoms with van der Waals surface area (Å²) in [5.74, 6) is 0.519. The SMILES string of the molecule is CC[C@@H]1CCCCN1C(=O)Cn1c(=O)n(-c2ccccc2C)c(=O)c2c1c1cc(OC)ccc1n2C. The topological polar surface area (TPSA) is 78.5 Å². The first-order valence-corrected chi connectivity index (χ1v) is 12.5. The third-order valence-corrected chi connectivity index (χ3v) is 7.55. The molecule has 1 atom stereocenters. The number of ether oxygens (including phenoxy) is 1. The Morgan fingerprint density at radius 3 is 2.58 bits per heavy atom. The molecule has 8 heteroatoms. The Labute approximate surface area is 209 Å². The minimum atomic E-state index is -0.518. The van der Waals surface area contributed by atoms with Gasteiger partial charge in [0.1, 0.15) is 17.8 Å². The Morgan fingerprint density at radius 1 is 1.08 bits per heavy atom. The zero-order valence-corrected chi connectivity index (χ0v) is 21.3. The molecule has 36 heavy (non-hydrogen) atoms. The molecule has 188 valence electrons. The second-order valence-electron chi connectivity index (χ2n) is 9.58. The quantitative estimate of drug-likeness (QED) is 0.429. The fraction of sp³-hybridized carbons (Fsp3) is 0.393. The molecule has 0 bridgehead atoms. The standard InChI is InChI=1S/C28H32N4O4/c1-5-19-11-8-9-15-30(19)24(33)17-31-25-21-16-20(36-4)13-14-23(21)29(3)26(25)27(34)32(28(31)35)22-12-7-6-10-18(22)2/h6-7,10,12-14,16,19H,5,8-9,11,15,17H2,1-4H3/t19-/m1/s1. The minimum Gasteiger partial charge on any atom is -0.497 e. The molecule has 8 nitrogen and oxygen atoms in total. The van der Waals surface area contributed by atoms with Crippen LogP contribution in [0, 0.1) is 6.92 Å². The van der Waals surface area contributed by atoms with Crippen molar-refractivity contribution < 1.29 is 9.53 Å². The molecule has 0 unspecified atom stereocenters. The molecule has 1 amide bonds. The predicted octanol–water partition coefficient (Wildman–Crippen LogP) is 3.75. The maximum absolute atomic E-state index is 14.0. The number of fused-ring (bicyclic) bond motifs is 3. The second kappa shape index (κ2) is 9.33. The Balaban J connectivity index is 1.83. The van der Waals surface area contributed by atoms with Crippen LogP contribution in [0.4, 0.5) is 0 Å². The summed E-state index contributed by atoms with van der Waals surface area (Å²) in [4.78, 5) is 43.5. The van der Waals surface area contributed by atoms with Crippen molar-refractivity contribution >= 4 is 27.8 Å². The van der Waals surface area contributed by atoms with Crippen LogP contribution in [0.1, 0.15) is 38.2 Å². The van der Waals surface area contributed by atoms with E-state index in [1.165, 1.54) is 9.13 Å². The molecule has 0 saturated carbocycles. The van der Waals surface area contributed by atoms with E-state index < -0.39 is 11.2 Å². The van der Waals surface area contributed by atoms with E-state index in [2.05, 4.69) is 6.92 Å². The van der Waals surface area contributed by atoms with Crippen LogP contribution >= 0.6 is 0 Å². The minimum absolute atomic E-state index is 0.0974. The van der Waals surface area contributed by atoms with Crippen LogP contribution in [-0.2, 0) is 18.4 Å². The number of carbonyl (C=O) groups excluding carboxylic acids is 1. The number of piperidine rings is 1. The molecule has 0 radical (unpaired) electrons. The molecule has 1 fully saturated rings. The number of aryl methyl sites for hydroxylation is 2. The van der Waals surface area contributed by atoms with Gasteiger partial charge in [-0.25, -0.2) is 9.36 Å². The molecule has 4 aromatic rings. The lowest BCUT2D eigenvalue weighted by Gasteiger charge is -2.35. The molecule has 1 aliphatic rings. The third-order valence-electron chi connectivity index (χ3n) is 7.55. The lowest BCUT2D eigenvalue weighted by Crippen LogP contribution is -2.47. The van der Waals surface area contributed by atoms with Gasteiger partial charge in [0.2, 0.25) is 5.91 Å². The van der Waals surface area contributed by atoms with E-state index in [9.17, 15) is 14.4 Å². The van der Waals surface area contributed by atoms with Gasteiger partial charge in [-0.1, -0.05) is 25.1 Å². The molecular formula is C28H32N4O4. The van der Waals surface area contributed by atoms with Crippen LogP contribution in [0.25, 0.3) is 27.6 Å². The molecular weight excluding hydrogens is 456 g/mol. The van der Waals surface area contributed by atoms with E-state index in [0.29, 0.717) is 34.4 Å². The van der Waals surface area contributed by atoms with Crippen LogP contribution in [0.15, 0.2) is 52.1 Å². The van der Waals surface area contributed by atoms with Gasteiger partial charge in [0, 0.05) is 25.0 Å². The predicted molar refractivity (Wildman–Crippen MR) is 141 cm³/mol. The van der Waals surface area contributed by atoms with E-state index in [1.54, 1.807) is 23.8 Å². The first kappa shape index (κ1) is 23.9. The molecule has 5 rings (SSSR count). The fourth-order valence-corrected chi connectivity index (χ4v) is 5.61. The molecule has 2 aromatic carbocycles. The summed E-state index contributed by atoms with van der Waals surface area (Å²) >= 11 is 0. The molecule has 0 aliphatic carbocycles. The lowest BCUT2D eigenvalue weighted by atomic mass is 10.00. The van der Waals surface area contributed by atoms with Gasteiger partial charge in [-0.15, -0.1) is 0 Å². The summed E-state index contributed by atoms with van der Waals surface area (Å²) in [6.45, 7) is 4.52. The van der Waals surface area contributed by atoms with E-state index in [-0.39, 0.29) is 18.5 Å². The summed E-state index contributed by atoms with van der Waals surface area (Å²) in [7, 11) is 3.39. The highest BCUT2D eigenvalue weighted by Gasteiger charge is 2.28. The van der Waals surface area contributed by atoms with Gasteiger partial charge in [0.05, 0.1) is 23.8 Å². The summed E-state index contributed by atoms with van der Waals surface area (Å²) in [6, 6.07) is 13.0. The van der Waals surface area contributed by atoms with Crippen LogP contribution < -0.4 is 16.0 Å². The molecule has 0 N–H and O–H groups in total. The first-order valence-electron chi connectivity index (χ1n) is 12.5. The Hall–Kier alpha value is -3.81. The summed E-state index contributed by atoms with van der Waals surface area (Å²) in [5.41, 5.74) is 2.02. The van der Waals surface area contributed by atoms with Crippen LogP contribution in [0.3, 0.4) is 0 Å². The van der Waals surface area contributed by atoms with Gasteiger partial charge in [0.15, 0.2) is 0 Å². The van der Waals surface area contributed by atoms with E-state index >= 15 is 0 Å². The Morgan fingerprint density at radius 2 is 1.86 bits per heavy atom. The van der Waals surface area contributed by atoms with Crippen LogP contribution in [0.2, 0.25) is 0 Å². The van der Waals surface area contributed by atoms with Crippen molar-refractivity contribution in [1.29, 1.82) is 0 Å². The second-order valence-corrected chi connectivity index (χ2v) is 9.58. The van der Waals surface area contributed by atoms with Crippen molar-refractivity contribution in [2.75, 3.05) is 13.7 Å². The maximum Gasteiger partial charge on any atom is 0.336 e. The molecule has 1 saturated heterocycles. The van der Waals surface area contributed by atoms with E-state index in [4.69, 9.17) is 4.74 Å². The highest BCUT2D eigenvalue weighted by molar-refractivity contribution is 6.06. The highest BCUT2D eigenvalue weighted by atomic mass is 16.5. The van der Waals surface area contributed by atoms with Gasteiger partial charge >= 0.3 is 5.69 Å². The van der Waals surface area contributed by atoms with Gasteiger partial charge in [-0.05, 0) is 62.4 Å². The average Bonchev–Trinajstić information content (AvgIpc) is 3.19. The van der Waals surface area contributed by atoms with Crippen molar-refractivity contribution in [1.82, 2.24) is 18.6 Å². The summed E-state index contributed by atoms with van der Waals surface area (Å²) < 4.78 is 9.93. The number of benzene rings is 2. The zero-order chi connectivity index (χ0) is 25.6. The first-order chi connectivity index (χ1) is 17.4. The highest BCUT2D eigenvalue weighted by Crippen LogP contribution is 2.30. The summed E-state index contributed by atoms with van der Waals surface area (Å²) in [5, 5.41) is 0.705. The number of hydrogen-bond donors (Lipinski definition) is 0. The largest absolute Gasteiger partial charge is 0.497 e. The van der Waals surface area contributed by atoms with Gasteiger partial charge in [-0.2, -0.15) is 0 Å². The van der Waals surface area contributed by atoms with Crippen molar-refractivity contribution in [3.63, 3.8) is 0 Å². The number of rotatable bonds is 5. The summed E-state index contributed by atoms with van der Waals surface area (Å²) in [6.07, 6.45) is 3.92. The van der Waals surface area contributed by atoms with Crippen molar-refractivity contribution in [2.45, 2.75) is 52.1 Å². The number of aromatic nitrogens is 3. The number of para-hydroxylation sites is 1. The molecule has 0 spiro atoms. The number of nitrogens with zero attached hydrogens (tertiary/aromatic N) is 4. The fourth-order valence-electron chi connectivity index (χ4n) is 5.61. The average molecular weight is 489 g/mol. The third kappa shape index (κ3) is 3.72. The van der Waals surface area contributed by atoms with Crippen LogP contribution in [-0.4, -0.2) is 44.2 Å². The Kier molecular flexibility index (Phi) is 6.20. The molecule has 2 aromatic heterocycles. The van der Waals surface area contributed by atoms with Crippen molar-refractivity contribution in [3.8, 4) is 11.4 Å². The maximum atomic E-state index is 14.0. The number of carbonyl (C=O) groups is 1. The smallest absolute Gasteiger partial charge is 0.336 e. The van der Waals surface area contributed by atoms with Crippen LogP contribution in [0.5, 0.6) is 5.75 Å². The van der Waals surface area contributed by atoms with Gasteiger partial charge < -0.3 is 14.2 Å². The number of amides is 1. The lowest BCUT2D eigenvalue weighted by molar-refractivity contribution is -0.135. The molecule has 1 aliphatic heterocycles. The molecule has 3 heterocycles. The van der Waals surface area contributed by atoms with E-state index in [1.807, 2.05) is 49.2 Å². The number of hydrogen-bond acceptors (Lipinski definition) is 4. The number of likely N-dealkylation sites (tertiary alicyclic amines) is 1. The van der Waals surface area contributed by atoms with Crippen molar-refractivity contribution in [2.24, 2.45) is 7.05 Å². The monoisotopic (exact) mass is 488 g/mol. The normalized spacial score (nSPS) is 16.1. The van der Waals surface area contributed by atoms with E-state index in [0.717, 1.165) is 36.8 Å². The van der Waals surface area contributed by atoms with Crippen molar-refractivity contribution in [3.05, 3.63) is 68.9 Å².